The Hall–Kier alpha value is -1.30. The molecule has 2 aliphatic heterocycles. The third kappa shape index (κ3) is 2.75. The number of nitrogens with one attached hydrogen (secondary N) is 1. The summed E-state index contributed by atoms with van der Waals surface area (Å²) in [5.74, 6) is 0.124. The van der Waals surface area contributed by atoms with Crippen LogP contribution in [0.2, 0.25) is 0 Å². The molecule has 0 spiro atoms. The first-order chi connectivity index (χ1) is 8.63. The molecule has 0 aromatic rings. The monoisotopic (exact) mass is 255 g/mol. The number of likely N-dealkylation sites (N-methyl/N-ethyl adjacent to an activating group) is 1. The van der Waals surface area contributed by atoms with Crippen molar-refractivity contribution in [1.82, 2.24) is 15.1 Å². The van der Waals surface area contributed by atoms with Crippen LogP contribution in [0.1, 0.15) is 20.3 Å². The topological polar surface area (TPSA) is 61.9 Å². The van der Waals surface area contributed by atoms with Crippen LogP contribution < -0.4 is 5.32 Å². The number of likely N-dealkylation sites (tertiary alicyclic amines) is 2. The standard InChI is InChI=1S/C12H21N3O3/c1-3-14-6-9(5-11(14)16)13-12(17)15-7-10(8-15)18-4-2/h9-10H,3-8H2,1-2H3,(H,13,17). The molecule has 0 bridgehead atoms. The SMILES string of the molecule is CCOC1CN(C(=O)NC2CC(=O)N(CC)C2)C1. The number of urea groups is 1. The number of rotatable bonds is 4. The molecule has 102 valence electrons. The summed E-state index contributed by atoms with van der Waals surface area (Å²) in [6.07, 6.45) is 0.598. The van der Waals surface area contributed by atoms with Crippen molar-refractivity contribution in [2.75, 3.05) is 32.8 Å². The van der Waals surface area contributed by atoms with E-state index in [1.54, 1.807) is 9.80 Å². The van der Waals surface area contributed by atoms with Crippen LogP contribution in [0.5, 0.6) is 0 Å². The zero-order chi connectivity index (χ0) is 13.1. The largest absolute Gasteiger partial charge is 0.375 e. The van der Waals surface area contributed by atoms with Crippen LogP contribution in [0.3, 0.4) is 0 Å². The zero-order valence-corrected chi connectivity index (χ0v) is 11.0. The van der Waals surface area contributed by atoms with Crippen molar-refractivity contribution in [2.24, 2.45) is 0 Å². The Balaban J connectivity index is 1.71. The van der Waals surface area contributed by atoms with Crippen molar-refractivity contribution in [2.45, 2.75) is 32.4 Å². The van der Waals surface area contributed by atoms with Gasteiger partial charge in [-0.2, -0.15) is 0 Å². The third-order valence-electron chi connectivity index (χ3n) is 3.46. The summed E-state index contributed by atoms with van der Waals surface area (Å²) in [5.41, 5.74) is 0. The first-order valence-electron chi connectivity index (χ1n) is 6.58. The van der Waals surface area contributed by atoms with Gasteiger partial charge in [0.1, 0.15) is 0 Å². The highest BCUT2D eigenvalue weighted by Crippen LogP contribution is 2.14. The molecule has 0 aliphatic carbocycles. The number of hydrogen-bond acceptors (Lipinski definition) is 3. The molecule has 1 atom stereocenters. The summed E-state index contributed by atoms with van der Waals surface area (Å²) in [4.78, 5) is 26.9. The summed E-state index contributed by atoms with van der Waals surface area (Å²) < 4.78 is 5.40. The van der Waals surface area contributed by atoms with E-state index in [9.17, 15) is 9.59 Å². The highest BCUT2D eigenvalue weighted by Gasteiger charge is 2.34. The van der Waals surface area contributed by atoms with Gasteiger partial charge in [0.15, 0.2) is 0 Å². The number of carbonyl (C=O) groups is 2. The summed E-state index contributed by atoms with van der Waals surface area (Å²) in [6, 6.07) is -0.127. The Labute approximate surface area is 107 Å². The minimum Gasteiger partial charge on any atom is -0.375 e. The van der Waals surface area contributed by atoms with Crippen LogP contribution in [-0.2, 0) is 9.53 Å². The first kappa shape index (κ1) is 13.1. The smallest absolute Gasteiger partial charge is 0.317 e. The van der Waals surface area contributed by atoms with Gasteiger partial charge in [-0.05, 0) is 13.8 Å². The van der Waals surface area contributed by atoms with Crippen molar-refractivity contribution in [1.29, 1.82) is 0 Å². The van der Waals surface area contributed by atoms with Crippen molar-refractivity contribution < 1.29 is 14.3 Å². The maximum Gasteiger partial charge on any atom is 0.317 e. The van der Waals surface area contributed by atoms with Crippen molar-refractivity contribution in [3.63, 3.8) is 0 Å². The number of nitrogens with zero attached hydrogens (tertiary/aromatic N) is 2. The Morgan fingerprint density at radius 1 is 1.39 bits per heavy atom. The van der Waals surface area contributed by atoms with E-state index in [0.29, 0.717) is 39.2 Å². The second-order valence-corrected chi connectivity index (χ2v) is 4.77. The lowest BCUT2D eigenvalue weighted by molar-refractivity contribution is -0.127. The van der Waals surface area contributed by atoms with E-state index < -0.39 is 0 Å². The van der Waals surface area contributed by atoms with Crippen LogP contribution in [-0.4, -0.2) is 66.7 Å². The summed E-state index contributed by atoms with van der Waals surface area (Å²) in [7, 11) is 0. The fourth-order valence-electron chi connectivity index (χ4n) is 2.39. The van der Waals surface area contributed by atoms with Gasteiger partial charge < -0.3 is 19.9 Å². The number of amides is 3. The predicted octanol–water partition coefficient (Wildman–Crippen LogP) is 0.0375. The van der Waals surface area contributed by atoms with E-state index in [-0.39, 0.29) is 24.1 Å². The van der Waals surface area contributed by atoms with E-state index >= 15 is 0 Å². The van der Waals surface area contributed by atoms with Gasteiger partial charge in [-0.15, -0.1) is 0 Å². The van der Waals surface area contributed by atoms with Gasteiger partial charge in [0.25, 0.3) is 0 Å². The predicted molar refractivity (Wildman–Crippen MR) is 66.2 cm³/mol. The molecule has 6 nitrogen and oxygen atoms in total. The van der Waals surface area contributed by atoms with E-state index in [2.05, 4.69) is 5.32 Å². The molecule has 2 aliphatic rings. The van der Waals surface area contributed by atoms with Gasteiger partial charge in [-0.1, -0.05) is 0 Å². The second kappa shape index (κ2) is 5.56. The zero-order valence-electron chi connectivity index (χ0n) is 11.0. The summed E-state index contributed by atoms with van der Waals surface area (Å²) >= 11 is 0. The van der Waals surface area contributed by atoms with Crippen LogP contribution in [0.25, 0.3) is 0 Å². The van der Waals surface area contributed by atoms with Crippen molar-refractivity contribution >= 4 is 11.9 Å². The molecule has 0 saturated carbocycles. The fourth-order valence-corrected chi connectivity index (χ4v) is 2.39. The summed E-state index contributed by atoms with van der Waals surface area (Å²) in [5, 5.41) is 2.91. The molecule has 2 heterocycles. The lowest BCUT2D eigenvalue weighted by Gasteiger charge is -2.39. The average Bonchev–Trinajstić information content (AvgIpc) is 2.63. The molecule has 2 fully saturated rings. The number of ether oxygens (including phenoxy) is 1. The van der Waals surface area contributed by atoms with E-state index in [1.165, 1.54) is 0 Å². The van der Waals surface area contributed by atoms with Crippen LogP contribution in [0.4, 0.5) is 4.79 Å². The molecule has 1 unspecified atom stereocenters. The molecule has 0 aromatic heterocycles. The van der Waals surface area contributed by atoms with Crippen LogP contribution in [0.15, 0.2) is 0 Å². The minimum absolute atomic E-state index is 0.0453. The van der Waals surface area contributed by atoms with Crippen LogP contribution >= 0.6 is 0 Å². The average molecular weight is 255 g/mol. The fraction of sp³-hybridized carbons (Fsp3) is 0.833. The Morgan fingerprint density at radius 3 is 2.67 bits per heavy atom. The highest BCUT2D eigenvalue weighted by molar-refractivity contribution is 5.81. The Bertz CT molecular complexity index is 329. The maximum absolute atomic E-state index is 11.9. The number of hydrogen-bond donors (Lipinski definition) is 1. The molecule has 0 radical (unpaired) electrons. The normalized spacial score (nSPS) is 24.3. The number of carbonyl (C=O) groups excluding carboxylic acids is 2. The van der Waals surface area contributed by atoms with Gasteiger partial charge >= 0.3 is 6.03 Å². The molecule has 2 rings (SSSR count). The van der Waals surface area contributed by atoms with E-state index in [0.717, 1.165) is 0 Å². The van der Waals surface area contributed by atoms with Gasteiger partial charge in [0.05, 0.1) is 25.2 Å². The molecular formula is C12H21N3O3. The Morgan fingerprint density at radius 2 is 2.11 bits per heavy atom. The van der Waals surface area contributed by atoms with Crippen molar-refractivity contribution in [3.05, 3.63) is 0 Å². The molecule has 3 amide bonds. The summed E-state index contributed by atoms with van der Waals surface area (Å²) in [6.45, 7) is 7.22. The van der Waals surface area contributed by atoms with Gasteiger partial charge in [0, 0.05) is 26.1 Å². The first-order valence-corrected chi connectivity index (χ1v) is 6.58. The lowest BCUT2D eigenvalue weighted by Crippen LogP contribution is -2.59. The van der Waals surface area contributed by atoms with E-state index in [4.69, 9.17) is 4.74 Å². The maximum atomic E-state index is 11.9. The Kier molecular flexibility index (Phi) is 4.06. The third-order valence-corrected chi connectivity index (χ3v) is 3.46. The molecule has 18 heavy (non-hydrogen) atoms. The van der Waals surface area contributed by atoms with Crippen LogP contribution in [0, 0.1) is 0 Å². The molecular weight excluding hydrogens is 234 g/mol. The quantitative estimate of drug-likeness (QED) is 0.771. The highest BCUT2D eigenvalue weighted by atomic mass is 16.5. The van der Waals surface area contributed by atoms with Crippen molar-refractivity contribution in [3.8, 4) is 0 Å². The molecule has 0 aromatic carbocycles. The molecule has 2 saturated heterocycles. The second-order valence-electron chi connectivity index (χ2n) is 4.77. The van der Waals surface area contributed by atoms with Gasteiger partial charge in [0.2, 0.25) is 5.91 Å². The lowest BCUT2D eigenvalue weighted by atomic mass is 10.2. The van der Waals surface area contributed by atoms with Gasteiger partial charge in [-0.25, -0.2) is 4.79 Å². The minimum atomic E-state index is -0.0818. The molecule has 1 N–H and O–H groups in total. The molecule has 6 heteroatoms. The van der Waals surface area contributed by atoms with Gasteiger partial charge in [-0.3, -0.25) is 4.79 Å². The van der Waals surface area contributed by atoms with E-state index in [1.807, 2.05) is 13.8 Å².